The molecule has 0 saturated carbocycles. The number of aromatic amines is 1. The van der Waals surface area contributed by atoms with Crippen molar-refractivity contribution in [2.24, 2.45) is 10.9 Å². The number of aromatic nitrogens is 2. The maximum absolute atomic E-state index is 13.4. The zero-order valence-corrected chi connectivity index (χ0v) is 18.0. The summed E-state index contributed by atoms with van der Waals surface area (Å²) in [6, 6.07) is 15.6. The van der Waals surface area contributed by atoms with E-state index >= 15 is 0 Å². The lowest BCUT2D eigenvalue weighted by molar-refractivity contribution is -0.118. The molecule has 3 amide bonds. The van der Waals surface area contributed by atoms with Crippen LogP contribution in [0.2, 0.25) is 0 Å². The first-order valence-electron chi connectivity index (χ1n) is 10.5. The average molecular weight is 459 g/mol. The number of nitrogens with zero attached hydrogens (tertiary/aromatic N) is 2. The molecule has 3 N–H and O–H groups in total. The van der Waals surface area contributed by atoms with Crippen LogP contribution in [-0.4, -0.2) is 27.8 Å². The van der Waals surface area contributed by atoms with Gasteiger partial charge in [0.1, 0.15) is 17.6 Å². The molecule has 0 bridgehead atoms. The monoisotopic (exact) mass is 459 g/mol. The maximum atomic E-state index is 13.4. The molecule has 0 saturated heterocycles. The number of aliphatic imine (C=N–C) groups is 1. The van der Waals surface area contributed by atoms with E-state index in [0.29, 0.717) is 22.7 Å². The summed E-state index contributed by atoms with van der Waals surface area (Å²) >= 11 is 0. The summed E-state index contributed by atoms with van der Waals surface area (Å²) in [5.74, 6) is -1.92. The highest BCUT2D eigenvalue weighted by molar-refractivity contribution is 6.13. The van der Waals surface area contributed by atoms with E-state index in [1.54, 1.807) is 37.3 Å². The van der Waals surface area contributed by atoms with Gasteiger partial charge in [0.05, 0.1) is 17.3 Å². The molecule has 2 unspecified atom stereocenters. The van der Waals surface area contributed by atoms with Crippen LogP contribution < -0.4 is 10.6 Å². The van der Waals surface area contributed by atoms with Crippen LogP contribution in [0.1, 0.15) is 18.5 Å². The molecule has 7 nitrogen and oxygen atoms in total. The standard InChI is InChI=1S/C25H19F2N5O2/c1-13-21(23(30-25(34)28-13)15-4-8-17(27)9-5-15)24(33)29-18-10-11-20-19(12-18)22(32-31-20)14-2-6-16(26)7-3-14/h2-12,21,23H,1H3,(H,29,33)(H,30,34)(H,31,32). The minimum atomic E-state index is -0.792. The Bertz CT molecular complexity index is 1430. The number of carbonyl (C=O) groups is 2. The second kappa shape index (κ2) is 8.51. The summed E-state index contributed by atoms with van der Waals surface area (Å²) < 4.78 is 26.7. The Morgan fingerprint density at radius 1 is 0.971 bits per heavy atom. The average Bonchev–Trinajstić information content (AvgIpc) is 3.23. The molecule has 170 valence electrons. The van der Waals surface area contributed by atoms with E-state index in [1.165, 1.54) is 36.4 Å². The van der Waals surface area contributed by atoms with Gasteiger partial charge in [0, 0.05) is 22.3 Å². The quantitative estimate of drug-likeness (QED) is 0.401. The minimum absolute atomic E-state index is 0.344. The van der Waals surface area contributed by atoms with Crippen molar-refractivity contribution in [3.05, 3.63) is 83.9 Å². The number of fused-ring (bicyclic) bond motifs is 1. The Morgan fingerprint density at radius 2 is 1.65 bits per heavy atom. The number of anilines is 1. The molecule has 3 aromatic carbocycles. The highest BCUT2D eigenvalue weighted by Crippen LogP contribution is 2.31. The van der Waals surface area contributed by atoms with E-state index in [4.69, 9.17) is 0 Å². The van der Waals surface area contributed by atoms with Gasteiger partial charge >= 0.3 is 6.03 Å². The molecule has 1 aliphatic heterocycles. The summed E-state index contributed by atoms with van der Waals surface area (Å²) in [5, 5.41) is 13.6. The Kier molecular flexibility index (Phi) is 5.37. The zero-order valence-electron chi connectivity index (χ0n) is 18.0. The fraction of sp³-hybridized carbons (Fsp3) is 0.120. The number of H-pyrrole nitrogens is 1. The molecule has 4 aromatic rings. The lowest BCUT2D eigenvalue weighted by Crippen LogP contribution is -2.45. The first-order chi connectivity index (χ1) is 16.4. The number of nitrogens with one attached hydrogen (secondary N) is 3. The SMILES string of the molecule is CC1=NC(=O)NC(c2ccc(F)cc2)C1C(=O)Nc1ccc2[nH]nc(-c3ccc(F)cc3)c2c1. The first-order valence-corrected chi connectivity index (χ1v) is 10.5. The third-order valence-corrected chi connectivity index (χ3v) is 5.80. The van der Waals surface area contributed by atoms with E-state index < -0.39 is 23.8 Å². The predicted molar refractivity (Wildman–Crippen MR) is 124 cm³/mol. The molecule has 34 heavy (non-hydrogen) atoms. The summed E-state index contributed by atoms with van der Waals surface area (Å²) in [6.07, 6.45) is 0. The van der Waals surface area contributed by atoms with Crippen LogP contribution in [0.15, 0.2) is 71.7 Å². The van der Waals surface area contributed by atoms with Gasteiger partial charge in [0.15, 0.2) is 0 Å². The van der Waals surface area contributed by atoms with Gasteiger partial charge in [-0.05, 0) is 67.1 Å². The first kappa shape index (κ1) is 21.4. The van der Waals surface area contributed by atoms with Crippen LogP contribution in [0.5, 0.6) is 0 Å². The van der Waals surface area contributed by atoms with E-state index in [2.05, 4.69) is 25.8 Å². The number of rotatable bonds is 4. The number of hydrogen-bond donors (Lipinski definition) is 3. The lowest BCUT2D eigenvalue weighted by Gasteiger charge is -2.30. The lowest BCUT2D eigenvalue weighted by atomic mass is 9.87. The van der Waals surface area contributed by atoms with Crippen molar-refractivity contribution in [2.75, 3.05) is 5.32 Å². The molecule has 0 radical (unpaired) electrons. The van der Waals surface area contributed by atoms with Gasteiger partial charge < -0.3 is 10.6 Å². The second-order valence-corrected chi connectivity index (χ2v) is 8.04. The maximum Gasteiger partial charge on any atom is 0.341 e. The highest BCUT2D eigenvalue weighted by atomic mass is 19.1. The van der Waals surface area contributed by atoms with Crippen LogP contribution >= 0.6 is 0 Å². The van der Waals surface area contributed by atoms with Crippen LogP contribution in [-0.2, 0) is 4.79 Å². The summed E-state index contributed by atoms with van der Waals surface area (Å²) in [7, 11) is 0. The van der Waals surface area contributed by atoms with Crippen LogP contribution in [0.3, 0.4) is 0 Å². The Labute approximate surface area is 192 Å². The highest BCUT2D eigenvalue weighted by Gasteiger charge is 2.37. The Hall–Kier alpha value is -4.40. The molecular formula is C25H19F2N5O2. The molecule has 0 fully saturated rings. The van der Waals surface area contributed by atoms with E-state index in [9.17, 15) is 18.4 Å². The van der Waals surface area contributed by atoms with Gasteiger partial charge in [0.2, 0.25) is 5.91 Å². The number of amides is 3. The Morgan fingerprint density at radius 3 is 2.35 bits per heavy atom. The van der Waals surface area contributed by atoms with Crippen molar-refractivity contribution in [1.82, 2.24) is 15.5 Å². The van der Waals surface area contributed by atoms with Crippen LogP contribution in [0, 0.1) is 17.6 Å². The number of hydrogen-bond acceptors (Lipinski definition) is 3. The van der Waals surface area contributed by atoms with Crippen LogP contribution in [0.25, 0.3) is 22.2 Å². The van der Waals surface area contributed by atoms with E-state index in [1.807, 2.05) is 0 Å². The third kappa shape index (κ3) is 4.03. The van der Waals surface area contributed by atoms with Crippen molar-refractivity contribution in [2.45, 2.75) is 13.0 Å². The summed E-state index contributed by atoms with van der Waals surface area (Å²) in [5.41, 5.74) is 3.57. The third-order valence-electron chi connectivity index (χ3n) is 5.80. The largest absolute Gasteiger partial charge is 0.341 e. The Balaban J connectivity index is 1.46. The van der Waals surface area contributed by atoms with Crippen LogP contribution in [0.4, 0.5) is 19.3 Å². The number of carbonyl (C=O) groups excluding carboxylic acids is 2. The van der Waals surface area contributed by atoms with E-state index in [0.717, 1.165) is 16.5 Å². The van der Waals surface area contributed by atoms with E-state index in [-0.39, 0.29) is 11.7 Å². The van der Waals surface area contributed by atoms with Gasteiger partial charge in [-0.3, -0.25) is 9.89 Å². The minimum Gasteiger partial charge on any atom is -0.328 e. The van der Waals surface area contributed by atoms with Gasteiger partial charge in [-0.1, -0.05) is 12.1 Å². The van der Waals surface area contributed by atoms with Gasteiger partial charge in [-0.15, -0.1) is 0 Å². The zero-order chi connectivity index (χ0) is 23.8. The van der Waals surface area contributed by atoms with Crippen molar-refractivity contribution >= 4 is 34.2 Å². The molecule has 2 atom stereocenters. The van der Waals surface area contributed by atoms with Crippen molar-refractivity contribution < 1.29 is 18.4 Å². The molecule has 0 aliphatic carbocycles. The fourth-order valence-electron chi connectivity index (χ4n) is 4.15. The second-order valence-electron chi connectivity index (χ2n) is 8.04. The number of benzene rings is 3. The number of halogens is 2. The smallest absolute Gasteiger partial charge is 0.328 e. The molecule has 2 heterocycles. The normalized spacial score (nSPS) is 17.9. The predicted octanol–water partition coefficient (Wildman–Crippen LogP) is 4.99. The van der Waals surface area contributed by atoms with Gasteiger partial charge in [-0.25, -0.2) is 18.6 Å². The van der Waals surface area contributed by atoms with Gasteiger partial charge in [-0.2, -0.15) is 5.10 Å². The molecular weight excluding hydrogens is 440 g/mol. The summed E-state index contributed by atoms with van der Waals surface area (Å²) in [4.78, 5) is 29.3. The molecule has 5 rings (SSSR count). The topological polar surface area (TPSA) is 99.2 Å². The molecule has 1 aliphatic rings. The van der Waals surface area contributed by atoms with Crippen molar-refractivity contribution in [3.63, 3.8) is 0 Å². The molecule has 0 spiro atoms. The van der Waals surface area contributed by atoms with Gasteiger partial charge in [0.25, 0.3) is 0 Å². The van der Waals surface area contributed by atoms with Crippen molar-refractivity contribution in [1.29, 1.82) is 0 Å². The number of urea groups is 1. The van der Waals surface area contributed by atoms with Crippen molar-refractivity contribution in [3.8, 4) is 11.3 Å². The molecule has 1 aromatic heterocycles. The molecule has 9 heteroatoms. The fourth-order valence-corrected chi connectivity index (χ4v) is 4.15. The summed E-state index contributed by atoms with van der Waals surface area (Å²) in [6.45, 7) is 1.62.